The van der Waals surface area contributed by atoms with Gasteiger partial charge in [-0.05, 0) is 42.5 Å². The van der Waals surface area contributed by atoms with Gasteiger partial charge in [0.05, 0.1) is 0 Å². The summed E-state index contributed by atoms with van der Waals surface area (Å²) in [6, 6.07) is 10.6. The van der Waals surface area contributed by atoms with Gasteiger partial charge in [0, 0.05) is 4.47 Å². The molecule has 110 valence electrons. The lowest BCUT2D eigenvalue weighted by Gasteiger charge is -2.10. The number of halogens is 2. The number of ether oxygens (including phenoxy) is 2. The van der Waals surface area contributed by atoms with Gasteiger partial charge in [-0.1, -0.05) is 15.9 Å². The second-order valence-corrected chi connectivity index (χ2v) is 5.01. The van der Waals surface area contributed by atoms with Gasteiger partial charge in [-0.15, -0.1) is 0 Å². The molecule has 0 aliphatic rings. The molecule has 4 nitrogen and oxygen atoms in total. The maximum Gasteiger partial charge on any atom is 0.339 e. The summed E-state index contributed by atoms with van der Waals surface area (Å²) in [5, 5.41) is 8.97. The van der Waals surface area contributed by atoms with Crippen molar-refractivity contribution in [3.8, 4) is 11.5 Å². The predicted octanol–water partition coefficient (Wildman–Crippen LogP) is 3.74. The maximum atomic E-state index is 13.0. The van der Waals surface area contributed by atoms with Gasteiger partial charge >= 0.3 is 5.97 Å². The zero-order valence-corrected chi connectivity index (χ0v) is 12.5. The number of carbonyl (C=O) groups is 1. The Bertz CT molecular complexity index is 628. The van der Waals surface area contributed by atoms with Crippen molar-refractivity contribution in [3.05, 3.63) is 58.3 Å². The molecule has 21 heavy (non-hydrogen) atoms. The minimum atomic E-state index is -1.24. The van der Waals surface area contributed by atoms with Crippen LogP contribution in [0.2, 0.25) is 0 Å². The van der Waals surface area contributed by atoms with E-state index in [9.17, 15) is 9.18 Å². The molecule has 0 saturated carbocycles. The van der Waals surface area contributed by atoms with Crippen molar-refractivity contribution in [1.29, 1.82) is 0 Å². The summed E-state index contributed by atoms with van der Waals surface area (Å²) in [7, 11) is 0. The second-order valence-electron chi connectivity index (χ2n) is 4.10. The summed E-state index contributed by atoms with van der Waals surface area (Å²) in [6.45, 7) is 0.403. The van der Waals surface area contributed by atoms with Crippen LogP contribution in [0.1, 0.15) is 10.4 Å². The number of carboxylic acids is 1. The minimum Gasteiger partial charge on any atom is -0.490 e. The molecule has 0 radical (unpaired) electrons. The van der Waals surface area contributed by atoms with Gasteiger partial charge < -0.3 is 14.6 Å². The summed E-state index contributed by atoms with van der Waals surface area (Å²) in [5.74, 6) is -1.06. The monoisotopic (exact) mass is 354 g/mol. The molecule has 0 spiro atoms. The van der Waals surface area contributed by atoms with Gasteiger partial charge in [-0.2, -0.15) is 0 Å². The smallest absolute Gasteiger partial charge is 0.339 e. The van der Waals surface area contributed by atoms with Crippen molar-refractivity contribution >= 4 is 21.9 Å². The van der Waals surface area contributed by atoms with Crippen molar-refractivity contribution in [1.82, 2.24) is 0 Å². The van der Waals surface area contributed by atoms with Crippen molar-refractivity contribution in [2.24, 2.45) is 0 Å². The largest absolute Gasteiger partial charge is 0.490 e. The average Bonchev–Trinajstić information content (AvgIpc) is 2.46. The third-order valence-electron chi connectivity index (χ3n) is 2.60. The fraction of sp³-hybridized carbons (Fsp3) is 0.133. The quantitative estimate of drug-likeness (QED) is 0.802. The lowest BCUT2D eigenvalue weighted by Crippen LogP contribution is -2.11. The Morgan fingerprint density at radius 3 is 2.43 bits per heavy atom. The van der Waals surface area contributed by atoms with E-state index >= 15 is 0 Å². The fourth-order valence-electron chi connectivity index (χ4n) is 1.64. The van der Waals surface area contributed by atoms with E-state index in [1.54, 1.807) is 12.1 Å². The molecule has 2 rings (SSSR count). The minimum absolute atomic E-state index is 0.114. The molecule has 0 unspecified atom stereocenters. The maximum absolute atomic E-state index is 13.0. The highest BCUT2D eigenvalue weighted by molar-refractivity contribution is 9.10. The van der Waals surface area contributed by atoms with Crippen LogP contribution in [-0.4, -0.2) is 24.3 Å². The third-order valence-corrected chi connectivity index (χ3v) is 3.12. The molecule has 0 atom stereocenters. The van der Waals surface area contributed by atoms with Gasteiger partial charge in [-0.3, -0.25) is 0 Å². The van der Waals surface area contributed by atoms with Crippen LogP contribution >= 0.6 is 15.9 Å². The summed E-state index contributed by atoms with van der Waals surface area (Å²) in [5.41, 5.74) is -0.210. The number of benzene rings is 2. The zero-order valence-electron chi connectivity index (χ0n) is 10.9. The molecular weight excluding hydrogens is 343 g/mol. The molecule has 0 aliphatic carbocycles. The SMILES string of the molecule is O=C(O)c1cc(F)ccc1OCCOc1ccc(Br)cc1. The third kappa shape index (κ3) is 4.46. The molecule has 0 amide bonds. The van der Waals surface area contributed by atoms with Crippen LogP contribution in [0.25, 0.3) is 0 Å². The highest BCUT2D eigenvalue weighted by atomic mass is 79.9. The van der Waals surface area contributed by atoms with Crippen molar-refractivity contribution in [3.63, 3.8) is 0 Å². The van der Waals surface area contributed by atoms with Crippen molar-refractivity contribution < 1.29 is 23.8 Å². The molecular formula is C15H12BrFO4. The Labute approximate surface area is 129 Å². The molecule has 0 fully saturated rings. The van der Waals surface area contributed by atoms with E-state index < -0.39 is 11.8 Å². The Hall–Kier alpha value is -2.08. The normalized spacial score (nSPS) is 10.2. The molecule has 0 aromatic heterocycles. The van der Waals surface area contributed by atoms with Crippen LogP contribution in [0.3, 0.4) is 0 Å². The first-order valence-electron chi connectivity index (χ1n) is 6.10. The summed E-state index contributed by atoms with van der Waals surface area (Å²) in [4.78, 5) is 11.0. The van der Waals surface area contributed by atoms with Crippen LogP contribution in [0.15, 0.2) is 46.9 Å². The van der Waals surface area contributed by atoms with Crippen LogP contribution in [0, 0.1) is 5.82 Å². The van der Waals surface area contributed by atoms with Gasteiger partial charge in [0.15, 0.2) is 0 Å². The lowest BCUT2D eigenvalue weighted by atomic mass is 10.2. The first-order valence-corrected chi connectivity index (χ1v) is 6.89. The van der Waals surface area contributed by atoms with Gasteiger partial charge in [0.1, 0.15) is 36.1 Å². The molecule has 6 heteroatoms. The molecule has 0 bridgehead atoms. The number of rotatable bonds is 6. The molecule has 2 aromatic rings. The van der Waals surface area contributed by atoms with E-state index in [-0.39, 0.29) is 24.5 Å². The summed E-state index contributed by atoms with van der Waals surface area (Å²) >= 11 is 3.32. The van der Waals surface area contributed by atoms with Crippen LogP contribution < -0.4 is 9.47 Å². The van der Waals surface area contributed by atoms with Crippen molar-refractivity contribution in [2.75, 3.05) is 13.2 Å². The topological polar surface area (TPSA) is 55.8 Å². The average molecular weight is 355 g/mol. The number of aromatic carboxylic acids is 1. The predicted molar refractivity (Wildman–Crippen MR) is 78.5 cm³/mol. The Morgan fingerprint density at radius 1 is 1.10 bits per heavy atom. The highest BCUT2D eigenvalue weighted by Crippen LogP contribution is 2.20. The number of carboxylic acid groups (broad SMARTS) is 1. The zero-order chi connectivity index (χ0) is 15.2. The number of hydrogen-bond acceptors (Lipinski definition) is 3. The van der Waals surface area contributed by atoms with Gasteiger partial charge in [-0.25, -0.2) is 9.18 Å². The summed E-state index contributed by atoms with van der Waals surface area (Å²) in [6.07, 6.45) is 0. The lowest BCUT2D eigenvalue weighted by molar-refractivity contribution is 0.0690. The van der Waals surface area contributed by atoms with E-state index in [4.69, 9.17) is 14.6 Å². The Morgan fingerprint density at radius 2 is 1.76 bits per heavy atom. The Balaban J connectivity index is 1.89. The van der Waals surface area contributed by atoms with E-state index in [1.807, 2.05) is 12.1 Å². The van der Waals surface area contributed by atoms with E-state index in [2.05, 4.69) is 15.9 Å². The van der Waals surface area contributed by atoms with Crippen LogP contribution in [0.4, 0.5) is 4.39 Å². The summed E-state index contributed by atoms with van der Waals surface area (Å²) < 4.78 is 24.7. The van der Waals surface area contributed by atoms with Crippen molar-refractivity contribution in [2.45, 2.75) is 0 Å². The molecule has 0 heterocycles. The molecule has 0 aliphatic heterocycles. The first kappa shape index (κ1) is 15.3. The molecule has 2 aromatic carbocycles. The first-order chi connectivity index (χ1) is 10.1. The molecule has 1 N–H and O–H groups in total. The van der Waals surface area contributed by atoms with E-state index in [1.165, 1.54) is 6.07 Å². The van der Waals surface area contributed by atoms with E-state index in [0.29, 0.717) is 5.75 Å². The van der Waals surface area contributed by atoms with Gasteiger partial charge in [0.2, 0.25) is 0 Å². The van der Waals surface area contributed by atoms with Gasteiger partial charge in [0.25, 0.3) is 0 Å². The van der Waals surface area contributed by atoms with E-state index in [0.717, 1.165) is 16.6 Å². The molecule has 0 saturated heterocycles. The number of hydrogen-bond donors (Lipinski definition) is 1. The second kappa shape index (κ2) is 7.08. The van der Waals surface area contributed by atoms with Crippen LogP contribution in [0.5, 0.6) is 11.5 Å². The Kier molecular flexibility index (Phi) is 5.16. The fourth-order valence-corrected chi connectivity index (χ4v) is 1.90. The highest BCUT2D eigenvalue weighted by Gasteiger charge is 2.12. The standard InChI is InChI=1S/C15H12BrFO4/c16-10-1-4-12(5-2-10)20-7-8-21-14-6-3-11(17)9-13(14)15(18)19/h1-6,9H,7-8H2,(H,18,19). The van der Waals surface area contributed by atoms with Crippen LogP contribution in [-0.2, 0) is 0 Å².